The molecule has 0 bridgehead atoms. The van der Waals surface area contributed by atoms with Crippen LogP contribution in [0.1, 0.15) is 45.2 Å². The number of benzene rings is 1. The standard InChI is InChI=1S/C15H23NO/c1-11(2)10-12(3)16-14-8-9-17-15-7-5-4-6-13(14)15/h4-7,11-12,14,16H,8-10H2,1-3H3. The van der Waals surface area contributed by atoms with Crippen molar-refractivity contribution in [2.24, 2.45) is 5.92 Å². The molecule has 1 aliphatic heterocycles. The molecule has 0 aliphatic carbocycles. The zero-order valence-corrected chi connectivity index (χ0v) is 11.1. The third kappa shape index (κ3) is 3.22. The number of ether oxygens (including phenoxy) is 1. The van der Waals surface area contributed by atoms with Crippen LogP contribution in [-0.2, 0) is 0 Å². The molecular weight excluding hydrogens is 210 g/mol. The predicted molar refractivity (Wildman–Crippen MR) is 71.3 cm³/mol. The Balaban J connectivity index is 2.03. The summed E-state index contributed by atoms with van der Waals surface area (Å²) >= 11 is 0. The molecule has 2 unspecified atom stereocenters. The van der Waals surface area contributed by atoms with Crippen LogP contribution in [0.4, 0.5) is 0 Å². The molecule has 2 atom stereocenters. The van der Waals surface area contributed by atoms with E-state index in [9.17, 15) is 0 Å². The highest BCUT2D eigenvalue weighted by Crippen LogP contribution is 2.32. The molecule has 1 heterocycles. The first kappa shape index (κ1) is 12.4. The number of rotatable bonds is 4. The van der Waals surface area contributed by atoms with Crippen LogP contribution in [0.5, 0.6) is 5.75 Å². The Bertz CT molecular complexity index is 362. The van der Waals surface area contributed by atoms with Crippen LogP contribution in [0, 0.1) is 5.92 Å². The van der Waals surface area contributed by atoms with E-state index in [-0.39, 0.29) is 0 Å². The van der Waals surface area contributed by atoms with E-state index >= 15 is 0 Å². The maximum absolute atomic E-state index is 5.68. The van der Waals surface area contributed by atoms with E-state index in [0.29, 0.717) is 12.1 Å². The van der Waals surface area contributed by atoms with E-state index in [1.54, 1.807) is 0 Å². The van der Waals surface area contributed by atoms with Gasteiger partial charge in [-0.05, 0) is 25.3 Å². The van der Waals surface area contributed by atoms with Gasteiger partial charge in [0.15, 0.2) is 0 Å². The van der Waals surface area contributed by atoms with Gasteiger partial charge in [0.2, 0.25) is 0 Å². The molecule has 0 aromatic heterocycles. The third-order valence-electron chi connectivity index (χ3n) is 3.27. The highest BCUT2D eigenvalue weighted by Gasteiger charge is 2.22. The third-order valence-corrected chi connectivity index (χ3v) is 3.27. The molecule has 0 saturated heterocycles. The minimum Gasteiger partial charge on any atom is -0.493 e. The first-order valence-corrected chi connectivity index (χ1v) is 6.64. The maximum atomic E-state index is 5.68. The Morgan fingerprint density at radius 3 is 2.82 bits per heavy atom. The van der Waals surface area contributed by atoms with Gasteiger partial charge in [-0.2, -0.15) is 0 Å². The van der Waals surface area contributed by atoms with Crippen molar-refractivity contribution in [1.82, 2.24) is 5.32 Å². The number of fused-ring (bicyclic) bond motifs is 1. The highest BCUT2D eigenvalue weighted by atomic mass is 16.5. The van der Waals surface area contributed by atoms with Crippen molar-refractivity contribution >= 4 is 0 Å². The van der Waals surface area contributed by atoms with Crippen LogP contribution in [0.3, 0.4) is 0 Å². The summed E-state index contributed by atoms with van der Waals surface area (Å²) in [6.07, 6.45) is 2.29. The zero-order chi connectivity index (χ0) is 12.3. The largest absolute Gasteiger partial charge is 0.493 e. The normalized spacial score (nSPS) is 20.8. The monoisotopic (exact) mass is 233 g/mol. The molecule has 0 saturated carbocycles. The van der Waals surface area contributed by atoms with Crippen molar-refractivity contribution in [3.05, 3.63) is 29.8 Å². The van der Waals surface area contributed by atoms with Crippen molar-refractivity contribution in [2.75, 3.05) is 6.61 Å². The SMILES string of the molecule is CC(C)CC(C)NC1CCOc2ccccc21. The first-order chi connectivity index (χ1) is 8.16. The van der Waals surface area contributed by atoms with Gasteiger partial charge < -0.3 is 10.1 Å². The molecule has 2 heteroatoms. The van der Waals surface area contributed by atoms with Crippen molar-refractivity contribution in [2.45, 2.75) is 45.7 Å². The fourth-order valence-corrected chi connectivity index (χ4v) is 2.63. The van der Waals surface area contributed by atoms with Crippen LogP contribution in [0.15, 0.2) is 24.3 Å². The zero-order valence-electron chi connectivity index (χ0n) is 11.1. The lowest BCUT2D eigenvalue weighted by molar-refractivity contribution is 0.241. The quantitative estimate of drug-likeness (QED) is 0.859. The van der Waals surface area contributed by atoms with E-state index in [0.717, 1.165) is 24.7 Å². The first-order valence-electron chi connectivity index (χ1n) is 6.64. The second-order valence-corrected chi connectivity index (χ2v) is 5.42. The van der Waals surface area contributed by atoms with Crippen molar-refractivity contribution in [1.29, 1.82) is 0 Å². The van der Waals surface area contributed by atoms with Gasteiger partial charge in [0.05, 0.1) is 6.61 Å². The second-order valence-electron chi connectivity index (χ2n) is 5.42. The van der Waals surface area contributed by atoms with Gasteiger partial charge in [-0.15, -0.1) is 0 Å². The summed E-state index contributed by atoms with van der Waals surface area (Å²) in [7, 11) is 0. The fraction of sp³-hybridized carbons (Fsp3) is 0.600. The molecule has 2 rings (SSSR count). The molecule has 0 amide bonds. The average Bonchev–Trinajstić information content (AvgIpc) is 2.28. The lowest BCUT2D eigenvalue weighted by Crippen LogP contribution is -2.34. The molecular formula is C15H23NO. The maximum Gasteiger partial charge on any atom is 0.124 e. The number of hydrogen-bond donors (Lipinski definition) is 1. The van der Waals surface area contributed by atoms with Gasteiger partial charge in [0, 0.05) is 24.1 Å². The van der Waals surface area contributed by atoms with E-state index < -0.39 is 0 Å². The van der Waals surface area contributed by atoms with Crippen molar-refractivity contribution < 1.29 is 4.74 Å². The van der Waals surface area contributed by atoms with E-state index in [1.165, 1.54) is 12.0 Å². The average molecular weight is 233 g/mol. The molecule has 0 fully saturated rings. The summed E-state index contributed by atoms with van der Waals surface area (Å²) in [4.78, 5) is 0. The molecule has 1 aromatic carbocycles. The molecule has 1 N–H and O–H groups in total. The van der Waals surface area contributed by atoms with Gasteiger partial charge in [-0.25, -0.2) is 0 Å². The fourth-order valence-electron chi connectivity index (χ4n) is 2.63. The topological polar surface area (TPSA) is 21.3 Å². The van der Waals surface area contributed by atoms with Gasteiger partial charge >= 0.3 is 0 Å². The lowest BCUT2D eigenvalue weighted by Gasteiger charge is -2.29. The molecule has 1 aromatic rings. The number of nitrogens with one attached hydrogen (secondary N) is 1. The smallest absolute Gasteiger partial charge is 0.124 e. The number of para-hydroxylation sites is 1. The minimum absolute atomic E-state index is 0.452. The summed E-state index contributed by atoms with van der Waals surface area (Å²) in [6.45, 7) is 7.65. The number of hydrogen-bond acceptors (Lipinski definition) is 2. The van der Waals surface area contributed by atoms with E-state index in [4.69, 9.17) is 4.74 Å². The van der Waals surface area contributed by atoms with Crippen LogP contribution >= 0.6 is 0 Å². The molecule has 2 nitrogen and oxygen atoms in total. The second kappa shape index (κ2) is 5.54. The van der Waals surface area contributed by atoms with Crippen LogP contribution in [0.2, 0.25) is 0 Å². The van der Waals surface area contributed by atoms with E-state index in [1.807, 2.05) is 6.07 Å². The summed E-state index contributed by atoms with van der Waals surface area (Å²) in [5.74, 6) is 1.79. The summed E-state index contributed by atoms with van der Waals surface area (Å²) in [6, 6.07) is 9.39. The lowest BCUT2D eigenvalue weighted by atomic mass is 9.98. The van der Waals surface area contributed by atoms with Gasteiger partial charge in [0.1, 0.15) is 5.75 Å². The predicted octanol–water partition coefficient (Wildman–Crippen LogP) is 3.53. The Hall–Kier alpha value is -1.02. The Labute approximate surface area is 104 Å². The molecule has 1 aliphatic rings. The summed E-state index contributed by atoms with van der Waals surface area (Å²) < 4.78 is 5.68. The van der Waals surface area contributed by atoms with Gasteiger partial charge in [0.25, 0.3) is 0 Å². The Kier molecular flexibility index (Phi) is 4.06. The Morgan fingerprint density at radius 2 is 2.06 bits per heavy atom. The summed E-state index contributed by atoms with van der Waals surface area (Å²) in [5, 5.41) is 3.73. The summed E-state index contributed by atoms with van der Waals surface area (Å²) in [5.41, 5.74) is 1.31. The minimum atomic E-state index is 0.452. The van der Waals surface area contributed by atoms with Crippen molar-refractivity contribution in [3.8, 4) is 5.75 Å². The van der Waals surface area contributed by atoms with Crippen LogP contribution in [0.25, 0.3) is 0 Å². The highest BCUT2D eigenvalue weighted by molar-refractivity contribution is 5.37. The van der Waals surface area contributed by atoms with E-state index in [2.05, 4.69) is 44.3 Å². The molecule has 94 valence electrons. The molecule has 17 heavy (non-hydrogen) atoms. The van der Waals surface area contributed by atoms with Crippen LogP contribution in [-0.4, -0.2) is 12.6 Å². The van der Waals surface area contributed by atoms with Gasteiger partial charge in [-0.1, -0.05) is 32.0 Å². The van der Waals surface area contributed by atoms with Crippen LogP contribution < -0.4 is 10.1 Å². The van der Waals surface area contributed by atoms with Gasteiger partial charge in [-0.3, -0.25) is 0 Å². The molecule has 0 radical (unpaired) electrons. The Morgan fingerprint density at radius 1 is 1.29 bits per heavy atom. The van der Waals surface area contributed by atoms with Crippen molar-refractivity contribution in [3.63, 3.8) is 0 Å². The molecule has 0 spiro atoms.